The summed E-state index contributed by atoms with van der Waals surface area (Å²) in [6, 6.07) is 10.6. The fraction of sp³-hybridized carbons (Fsp3) is 0.545. The maximum absolute atomic E-state index is 6.13. The number of nitrogens with two attached hydrogens (primary N) is 1. The molecule has 3 heteroatoms. The SMILES string of the molecule is C=CC[C@@H]1CO[C@H](Cc2ccccc2)[C@H]1C=C[C@@H](CCCCC)ON. The zero-order valence-electron chi connectivity index (χ0n) is 15.5. The van der Waals surface area contributed by atoms with Crippen LogP contribution in [-0.4, -0.2) is 18.8 Å². The van der Waals surface area contributed by atoms with Crippen molar-refractivity contribution in [2.45, 2.75) is 57.7 Å². The highest BCUT2D eigenvalue weighted by Crippen LogP contribution is 2.33. The minimum Gasteiger partial charge on any atom is -0.377 e. The van der Waals surface area contributed by atoms with Crippen LogP contribution >= 0.6 is 0 Å². The number of unbranched alkanes of at least 4 members (excludes halogenated alkanes) is 2. The van der Waals surface area contributed by atoms with E-state index in [9.17, 15) is 0 Å². The first-order valence-corrected chi connectivity index (χ1v) is 9.58. The zero-order valence-corrected chi connectivity index (χ0v) is 15.5. The molecule has 0 aliphatic carbocycles. The van der Waals surface area contributed by atoms with Gasteiger partial charge in [-0.2, -0.15) is 0 Å². The first kappa shape index (κ1) is 19.9. The average Bonchev–Trinajstić information content (AvgIpc) is 3.01. The van der Waals surface area contributed by atoms with Gasteiger partial charge < -0.3 is 4.74 Å². The Balaban J connectivity index is 2.01. The topological polar surface area (TPSA) is 44.5 Å². The second-order valence-corrected chi connectivity index (χ2v) is 6.98. The maximum atomic E-state index is 6.13. The van der Waals surface area contributed by atoms with Gasteiger partial charge in [-0.3, -0.25) is 4.84 Å². The molecular weight excluding hydrogens is 310 g/mol. The largest absolute Gasteiger partial charge is 0.377 e. The lowest BCUT2D eigenvalue weighted by Gasteiger charge is -2.20. The van der Waals surface area contributed by atoms with E-state index in [1.54, 1.807) is 0 Å². The van der Waals surface area contributed by atoms with Gasteiger partial charge in [-0.1, -0.05) is 74.7 Å². The smallest absolute Gasteiger partial charge is 0.0968 e. The minimum absolute atomic E-state index is 0.00564. The molecule has 0 amide bonds. The Morgan fingerprint density at radius 3 is 2.80 bits per heavy atom. The third-order valence-corrected chi connectivity index (χ3v) is 5.06. The lowest BCUT2D eigenvalue weighted by molar-refractivity contribution is 0.0772. The van der Waals surface area contributed by atoms with Crippen LogP contribution in [0, 0.1) is 11.8 Å². The summed E-state index contributed by atoms with van der Waals surface area (Å²) in [4.78, 5) is 5.16. The van der Waals surface area contributed by atoms with Gasteiger partial charge in [0, 0.05) is 5.92 Å². The van der Waals surface area contributed by atoms with Gasteiger partial charge in [-0.05, 0) is 30.7 Å². The van der Waals surface area contributed by atoms with Crippen LogP contribution in [0.4, 0.5) is 0 Å². The summed E-state index contributed by atoms with van der Waals surface area (Å²) in [5.74, 6) is 6.35. The van der Waals surface area contributed by atoms with Crippen LogP contribution in [0.5, 0.6) is 0 Å². The molecule has 1 aromatic rings. The van der Waals surface area contributed by atoms with Crippen LogP contribution in [0.15, 0.2) is 55.1 Å². The van der Waals surface area contributed by atoms with E-state index in [2.05, 4.69) is 56.0 Å². The molecule has 4 atom stereocenters. The maximum Gasteiger partial charge on any atom is 0.0968 e. The first-order chi connectivity index (χ1) is 12.3. The van der Waals surface area contributed by atoms with Crippen molar-refractivity contribution in [3.05, 3.63) is 60.7 Å². The van der Waals surface area contributed by atoms with Crippen LogP contribution in [-0.2, 0) is 16.0 Å². The van der Waals surface area contributed by atoms with Crippen molar-refractivity contribution in [1.82, 2.24) is 0 Å². The standard InChI is InChI=1S/C22H33NO2/c1-3-5-7-13-20(25-23)14-15-21-19(10-4-2)17-24-22(21)16-18-11-8-6-9-12-18/h4,6,8-9,11-12,14-15,19-22H,2-3,5,7,10,13,16-17,23H2,1H3/t19-,20-,21+,22-/m1/s1. The van der Waals surface area contributed by atoms with Gasteiger partial charge >= 0.3 is 0 Å². The van der Waals surface area contributed by atoms with Crippen molar-refractivity contribution in [2.24, 2.45) is 17.7 Å². The zero-order chi connectivity index (χ0) is 17.9. The summed E-state index contributed by atoms with van der Waals surface area (Å²) >= 11 is 0. The second kappa shape index (κ2) is 11.2. The fourth-order valence-electron chi connectivity index (χ4n) is 3.59. The minimum atomic E-state index is -0.00564. The van der Waals surface area contributed by atoms with Crippen molar-refractivity contribution in [1.29, 1.82) is 0 Å². The summed E-state index contributed by atoms with van der Waals surface area (Å²) in [6.07, 6.45) is 13.1. The Labute approximate surface area is 152 Å². The molecule has 0 saturated carbocycles. The second-order valence-electron chi connectivity index (χ2n) is 6.98. The van der Waals surface area contributed by atoms with E-state index in [0.717, 1.165) is 32.3 Å². The van der Waals surface area contributed by atoms with E-state index in [0.29, 0.717) is 11.8 Å². The van der Waals surface area contributed by atoms with Crippen LogP contribution in [0.2, 0.25) is 0 Å². The molecule has 1 heterocycles. The number of rotatable bonds is 11. The van der Waals surface area contributed by atoms with Gasteiger partial charge in [0.1, 0.15) is 0 Å². The molecule has 1 saturated heterocycles. The molecule has 25 heavy (non-hydrogen) atoms. The molecule has 0 radical (unpaired) electrons. The third kappa shape index (κ3) is 6.43. The van der Waals surface area contributed by atoms with Gasteiger partial charge in [0.2, 0.25) is 0 Å². The Hall–Kier alpha value is -1.42. The Bertz CT molecular complexity index is 514. The number of ether oxygens (including phenoxy) is 1. The van der Waals surface area contributed by atoms with Crippen molar-refractivity contribution in [3.63, 3.8) is 0 Å². The van der Waals surface area contributed by atoms with E-state index in [-0.39, 0.29) is 12.2 Å². The number of allylic oxidation sites excluding steroid dienone is 1. The van der Waals surface area contributed by atoms with Crippen LogP contribution in [0.25, 0.3) is 0 Å². The van der Waals surface area contributed by atoms with Crippen molar-refractivity contribution >= 4 is 0 Å². The molecule has 1 aromatic carbocycles. The van der Waals surface area contributed by atoms with Crippen molar-refractivity contribution in [3.8, 4) is 0 Å². The molecule has 3 nitrogen and oxygen atoms in total. The molecule has 0 aromatic heterocycles. The van der Waals surface area contributed by atoms with Gasteiger partial charge in [-0.25, -0.2) is 5.90 Å². The third-order valence-electron chi connectivity index (χ3n) is 5.06. The van der Waals surface area contributed by atoms with Gasteiger partial charge in [0.25, 0.3) is 0 Å². The fourth-order valence-corrected chi connectivity index (χ4v) is 3.59. The first-order valence-electron chi connectivity index (χ1n) is 9.58. The van der Waals surface area contributed by atoms with Gasteiger partial charge in [0.05, 0.1) is 18.8 Å². The highest BCUT2D eigenvalue weighted by Gasteiger charge is 2.34. The van der Waals surface area contributed by atoms with E-state index in [1.165, 1.54) is 18.4 Å². The normalized spacial score (nSPS) is 24.6. The van der Waals surface area contributed by atoms with E-state index in [1.807, 2.05) is 6.08 Å². The Kier molecular flexibility index (Phi) is 8.95. The molecule has 0 bridgehead atoms. The monoisotopic (exact) mass is 343 g/mol. The number of hydrogen-bond acceptors (Lipinski definition) is 3. The van der Waals surface area contributed by atoms with E-state index in [4.69, 9.17) is 15.5 Å². The molecule has 1 fully saturated rings. The molecule has 0 unspecified atom stereocenters. The lowest BCUT2D eigenvalue weighted by Crippen LogP contribution is -2.22. The lowest BCUT2D eigenvalue weighted by atomic mass is 9.85. The molecular formula is C22H33NO2. The molecule has 1 aliphatic rings. The predicted octanol–water partition coefficient (Wildman–Crippen LogP) is 4.83. The summed E-state index contributed by atoms with van der Waals surface area (Å²) in [5, 5.41) is 0. The van der Waals surface area contributed by atoms with E-state index < -0.39 is 0 Å². The number of hydrogen-bond donors (Lipinski definition) is 1. The van der Waals surface area contributed by atoms with Gasteiger partial charge in [-0.15, -0.1) is 6.58 Å². The molecule has 0 spiro atoms. The summed E-state index contributed by atoms with van der Waals surface area (Å²) in [5.41, 5.74) is 1.32. The van der Waals surface area contributed by atoms with E-state index >= 15 is 0 Å². The average molecular weight is 344 g/mol. The highest BCUT2D eigenvalue weighted by atomic mass is 16.6. The van der Waals surface area contributed by atoms with Crippen LogP contribution < -0.4 is 5.90 Å². The predicted molar refractivity (Wildman–Crippen MR) is 104 cm³/mol. The van der Waals surface area contributed by atoms with Crippen LogP contribution in [0.3, 0.4) is 0 Å². The molecule has 2 N–H and O–H groups in total. The van der Waals surface area contributed by atoms with Crippen molar-refractivity contribution in [2.75, 3.05) is 6.61 Å². The van der Waals surface area contributed by atoms with Gasteiger partial charge in [0.15, 0.2) is 0 Å². The summed E-state index contributed by atoms with van der Waals surface area (Å²) in [6.45, 7) is 6.91. The Morgan fingerprint density at radius 2 is 2.12 bits per heavy atom. The summed E-state index contributed by atoms with van der Waals surface area (Å²) in [7, 11) is 0. The molecule has 138 valence electrons. The molecule has 1 aliphatic heterocycles. The number of benzene rings is 1. The van der Waals surface area contributed by atoms with Crippen LogP contribution in [0.1, 0.15) is 44.6 Å². The Morgan fingerprint density at radius 1 is 1.32 bits per heavy atom. The van der Waals surface area contributed by atoms with Crippen molar-refractivity contribution < 1.29 is 9.57 Å². The quantitative estimate of drug-likeness (QED) is 0.355. The molecule has 2 rings (SSSR count). The summed E-state index contributed by atoms with van der Waals surface area (Å²) < 4.78 is 6.13. The highest BCUT2D eigenvalue weighted by molar-refractivity contribution is 5.17.